The third-order valence-corrected chi connectivity index (χ3v) is 2.27. The van der Waals surface area contributed by atoms with Gasteiger partial charge in [-0.15, -0.1) is 0 Å². The maximum absolute atomic E-state index is 12.4. The molecule has 0 radical (unpaired) electrons. The summed E-state index contributed by atoms with van der Waals surface area (Å²) in [4.78, 5) is 16.4. The van der Waals surface area contributed by atoms with Gasteiger partial charge in [0, 0.05) is 17.8 Å². The summed E-state index contributed by atoms with van der Waals surface area (Å²) in [5.74, 6) is 0.130. The SMILES string of the molecule is CC(C)(C)/C=C(/C(=O)C(C)(C)C)n1ccnc1. The molecule has 1 aromatic heterocycles. The Kier molecular flexibility index (Phi) is 3.60. The highest BCUT2D eigenvalue weighted by Crippen LogP contribution is 2.27. The fourth-order valence-electron chi connectivity index (χ4n) is 1.45. The van der Waals surface area contributed by atoms with Crippen LogP contribution in [0.1, 0.15) is 41.5 Å². The highest BCUT2D eigenvalue weighted by molar-refractivity contribution is 6.17. The number of rotatable bonds is 2. The Morgan fingerprint density at radius 3 is 2.12 bits per heavy atom. The van der Waals surface area contributed by atoms with Crippen LogP contribution in [0.15, 0.2) is 24.8 Å². The minimum atomic E-state index is -0.388. The normalized spacial score (nSPS) is 13.9. The van der Waals surface area contributed by atoms with Crippen molar-refractivity contribution in [2.24, 2.45) is 10.8 Å². The number of Topliss-reactive ketones (excluding diaryl/α,β-unsaturated/α-hetero) is 1. The van der Waals surface area contributed by atoms with E-state index in [1.807, 2.05) is 26.8 Å². The molecule has 0 unspecified atom stereocenters. The first-order valence-corrected chi connectivity index (χ1v) is 5.87. The van der Waals surface area contributed by atoms with E-state index in [1.54, 1.807) is 23.3 Å². The first kappa shape index (κ1) is 13.7. The van der Waals surface area contributed by atoms with E-state index in [9.17, 15) is 4.79 Å². The molecule has 0 aromatic carbocycles. The summed E-state index contributed by atoms with van der Waals surface area (Å²) in [5, 5.41) is 0. The number of allylic oxidation sites excluding steroid dienone is 2. The second-order valence-corrected chi connectivity index (χ2v) is 6.44. The lowest BCUT2D eigenvalue weighted by atomic mass is 9.85. The number of hydrogen-bond acceptors (Lipinski definition) is 2. The Bertz CT molecular complexity index is 414. The fourth-order valence-corrected chi connectivity index (χ4v) is 1.45. The lowest BCUT2D eigenvalue weighted by Gasteiger charge is -2.22. The molecule has 0 aliphatic heterocycles. The summed E-state index contributed by atoms with van der Waals surface area (Å²) in [6, 6.07) is 0. The molecule has 0 saturated heterocycles. The second-order valence-electron chi connectivity index (χ2n) is 6.44. The molecule has 17 heavy (non-hydrogen) atoms. The van der Waals surface area contributed by atoms with Crippen molar-refractivity contribution < 1.29 is 4.79 Å². The second kappa shape index (κ2) is 4.47. The molecule has 1 aromatic rings. The van der Waals surface area contributed by atoms with Gasteiger partial charge in [-0.05, 0) is 5.41 Å². The average Bonchev–Trinajstić information content (AvgIpc) is 2.62. The van der Waals surface area contributed by atoms with E-state index in [1.165, 1.54) is 0 Å². The van der Waals surface area contributed by atoms with Crippen molar-refractivity contribution in [2.45, 2.75) is 41.5 Å². The zero-order valence-corrected chi connectivity index (χ0v) is 11.6. The summed E-state index contributed by atoms with van der Waals surface area (Å²) in [7, 11) is 0. The van der Waals surface area contributed by atoms with Gasteiger partial charge in [-0.1, -0.05) is 47.6 Å². The summed E-state index contributed by atoms with van der Waals surface area (Å²) < 4.78 is 1.79. The molecule has 0 bridgehead atoms. The Morgan fingerprint density at radius 2 is 1.76 bits per heavy atom. The zero-order valence-electron chi connectivity index (χ0n) is 11.6. The Hall–Kier alpha value is -1.38. The summed E-state index contributed by atoms with van der Waals surface area (Å²) in [6.07, 6.45) is 7.16. The van der Waals surface area contributed by atoms with E-state index in [2.05, 4.69) is 25.8 Å². The van der Waals surface area contributed by atoms with Crippen LogP contribution in [0.2, 0.25) is 0 Å². The quantitative estimate of drug-likeness (QED) is 0.735. The Morgan fingerprint density at radius 1 is 1.18 bits per heavy atom. The fraction of sp³-hybridized carbons (Fsp3) is 0.571. The topological polar surface area (TPSA) is 34.9 Å². The van der Waals surface area contributed by atoms with E-state index in [0.29, 0.717) is 5.70 Å². The number of carbonyl (C=O) groups is 1. The summed E-state index contributed by atoms with van der Waals surface area (Å²) in [5.41, 5.74) is 0.268. The van der Waals surface area contributed by atoms with Crippen LogP contribution in [0, 0.1) is 10.8 Å². The minimum Gasteiger partial charge on any atom is -0.303 e. The lowest BCUT2D eigenvalue weighted by molar-refractivity contribution is -0.120. The van der Waals surface area contributed by atoms with E-state index in [-0.39, 0.29) is 16.6 Å². The largest absolute Gasteiger partial charge is 0.303 e. The number of carbonyl (C=O) groups excluding carboxylic acids is 1. The predicted molar refractivity (Wildman–Crippen MR) is 70.4 cm³/mol. The molecular weight excluding hydrogens is 212 g/mol. The molecule has 0 amide bonds. The van der Waals surface area contributed by atoms with Crippen molar-refractivity contribution in [1.29, 1.82) is 0 Å². The number of ketones is 1. The van der Waals surface area contributed by atoms with Gasteiger partial charge in [0.25, 0.3) is 0 Å². The van der Waals surface area contributed by atoms with Crippen molar-refractivity contribution in [2.75, 3.05) is 0 Å². The van der Waals surface area contributed by atoms with Crippen LogP contribution >= 0.6 is 0 Å². The standard InChI is InChI=1S/C14H22N2O/c1-13(2,3)9-11(12(17)14(4,5)6)16-8-7-15-10-16/h7-10H,1-6H3/b11-9-. The molecule has 3 nitrogen and oxygen atoms in total. The first-order chi connectivity index (χ1) is 7.61. The summed E-state index contributed by atoms with van der Waals surface area (Å²) in [6.45, 7) is 12.0. The van der Waals surface area contributed by atoms with Crippen LogP contribution in [-0.2, 0) is 4.79 Å². The molecule has 0 saturated carbocycles. The molecule has 94 valence electrons. The van der Waals surface area contributed by atoms with Crippen molar-refractivity contribution in [3.63, 3.8) is 0 Å². The van der Waals surface area contributed by atoms with Gasteiger partial charge in [-0.2, -0.15) is 0 Å². The lowest BCUT2D eigenvalue weighted by Crippen LogP contribution is -2.24. The molecule has 0 N–H and O–H groups in total. The highest BCUT2D eigenvalue weighted by Gasteiger charge is 2.27. The molecule has 0 spiro atoms. The maximum atomic E-state index is 12.4. The molecule has 0 aliphatic carbocycles. The van der Waals surface area contributed by atoms with Crippen molar-refractivity contribution >= 4 is 11.5 Å². The maximum Gasteiger partial charge on any atom is 0.184 e. The van der Waals surface area contributed by atoms with Crippen LogP contribution < -0.4 is 0 Å². The first-order valence-electron chi connectivity index (χ1n) is 5.87. The van der Waals surface area contributed by atoms with Crippen LogP contribution in [-0.4, -0.2) is 15.3 Å². The zero-order chi connectivity index (χ0) is 13.3. The molecule has 0 aliphatic rings. The minimum absolute atomic E-state index is 0.0412. The summed E-state index contributed by atoms with van der Waals surface area (Å²) >= 11 is 0. The van der Waals surface area contributed by atoms with Crippen molar-refractivity contribution in [3.05, 3.63) is 24.8 Å². The van der Waals surface area contributed by atoms with Crippen molar-refractivity contribution in [3.8, 4) is 0 Å². The smallest absolute Gasteiger partial charge is 0.184 e. The van der Waals surface area contributed by atoms with Crippen LogP contribution in [0.4, 0.5) is 0 Å². The number of hydrogen-bond donors (Lipinski definition) is 0. The molecule has 3 heteroatoms. The molecule has 0 fully saturated rings. The average molecular weight is 234 g/mol. The van der Waals surface area contributed by atoms with Crippen LogP contribution in [0.5, 0.6) is 0 Å². The van der Waals surface area contributed by atoms with E-state index >= 15 is 0 Å². The third-order valence-electron chi connectivity index (χ3n) is 2.27. The number of aromatic nitrogens is 2. The molecule has 0 atom stereocenters. The van der Waals surface area contributed by atoms with Crippen LogP contribution in [0.25, 0.3) is 5.70 Å². The van der Waals surface area contributed by atoms with E-state index < -0.39 is 0 Å². The van der Waals surface area contributed by atoms with E-state index in [4.69, 9.17) is 0 Å². The third kappa shape index (κ3) is 3.84. The van der Waals surface area contributed by atoms with Gasteiger partial charge in [0.1, 0.15) is 0 Å². The highest BCUT2D eigenvalue weighted by atomic mass is 16.1. The molecular formula is C14H22N2O. The van der Waals surface area contributed by atoms with Gasteiger partial charge in [-0.3, -0.25) is 4.79 Å². The van der Waals surface area contributed by atoms with Gasteiger partial charge in [0.15, 0.2) is 5.78 Å². The molecule has 1 rings (SSSR count). The van der Waals surface area contributed by atoms with Crippen LogP contribution in [0.3, 0.4) is 0 Å². The molecule has 1 heterocycles. The van der Waals surface area contributed by atoms with Gasteiger partial charge < -0.3 is 4.57 Å². The van der Waals surface area contributed by atoms with Gasteiger partial charge in [-0.25, -0.2) is 4.98 Å². The van der Waals surface area contributed by atoms with Gasteiger partial charge >= 0.3 is 0 Å². The van der Waals surface area contributed by atoms with Crippen molar-refractivity contribution in [1.82, 2.24) is 9.55 Å². The van der Waals surface area contributed by atoms with Gasteiger partial charge in [0.2, 0.25) is 0 Å². The Balaban J connectivity index is 3.23. The van der Waals surface area contributed by atoms with E-state index in [0.717, 1.165) is 0 Å². The van der Waals surface area contributed by atoms with Gasteiger partial charge in [0.05, 0.1) is 12.0 Å². The monoisotopic (exact) mass is 234 g/mol. The predicted octanol–water partition coefficient (Wildman–Crippen LogP) is 3.39. The number of imidazole rings is 1. The number of nitrogens with zero attached hydrogens (tertiary/aromatic N) is 2. The Labute approximate surface area is 104 Å².